The van der Waals surface area contributed by atoms with Gasteiger partial charge >= 0.3 is 0 Å². The Balaban J connectivity index is 3.92. The van der Waals surface area contributed by atoms with Crippen LogP contribution in [0.4, 0.5) is 0 Å². The molecule has 114 valence electrons. The van der Waals surface area contributed by atoms with E-state index in [1.54, 1.807) is 0 Å². The molecule has 19 heavy (non-hydrogen) atoms. The Hall–Kier alpha value is -0.610. The van der Waals surface area contributed by atoms with Crippen molar-refractivity contribution in [2.75, 3.05) is 33.7 Å². The van der Waals surface area contributed by atoms with E-state index in [0.717, 1.165) is 38.9 Å². The van der Waals surface area contributed by atoms with Crippen molar-refractivity contribution in [1.29, 1.82) is 0 Å². The van der Waals surface area contributed by atoms with E-state index in [2.05, 4.69) is 45.1 Å². The van der Waals surface area contributed by atoms with Crippen molar-refractivity contribution in [1.82, 2.24) is 10.2 Å². The van der Waals surface area contributed by atoms with Crippen LogP contribution in [0.25, 0.3) is 0 Å². The van der Waals surface area contributed by atoms with Crippen LogP contribution in [0.15, 0.2) is 0 Å². The Kier molecular flexibility index (Phi) is 9.02. The zero-order valence-electron chi connectivity index (χ0n) is 13.5. The van der Waals surface area contributed by atoms with Crippen LogP contribution in [0.3, 0.4) is 0 Å². The summed E-state index contributed by atoms with van der Waals surface area (Å²) < 4.78 is 0. The normalized spacial score (nSPS) is 13.6. The van der Waals surface area contributed by atoms with Gasteiger partial charge in [0, 0.05) is 19.5 Å². The van der Waals surface area contributed by atoms with E-state index in [1.807, 2.05) is 0 Å². The number of carbonyl (C=O) groups is 1. The summed E-state index contributed by atoms with van der Waals surface area (Å²) in [7, 11) is 4.12. The lowest BCUT2D eigenvalue weighted by molar-refractivity contribution is -0.121. The highest BCUT2D eigenvalue weighted by molar-refractivity contribution is 5.75. The smallest absolute Gasteiger partial charge is 0.220 e. The number of amides is 1. The van der Waals surface area contributed by atoms with Crippen LogP contribution in [-0.4, -0.2) is 44.5 Å². The minimum atomic E-state index is 0.112. The summed E-state index contributed by atoms with van der Waals surface area (Å²) >= 11 is 0. The zero-order chi connectivity index (χ0) is 14.9. The molecule has 0 aliphatic rings. The van der Waals surface area contributed by atoms with Crippen molar-refractivity contribution in [3.8, 4) is 0 Å². The molecule has 1 unspecified atom stereocenters. The third-order valence-electron chi connectivity index (χ3n) is 3.44. The van der Waals surface area contributed by atoms with Crippen LogP contribution < -0.4 is 11.1 Å². The van der Waals surface area contributed by atoms with E-state index in [-0.39, 0.29) is 11.3 Å². The molecule has 0 heterocycles. The maximum absolute atomic E-state index is 11.8. The van der Waals surface area contributed by atoms with Gasteiger partial charge < -0.3 is 16.0 Å². The number of nitrogens with one attached hydrogen (secondary N) is 1. The van der Waals surface area contributed by atoms with E-state index in [1.165, 1.54) is 0 Å². The van der Waals surface area contributed by atoms with Gasteiger partial charge in [-0.1, -0.05) is 27.2 Å². The van der Waals surface area contributed by atoms with Crippen molar-refractivity contribution >= 4 is 5.91 Å². The van der Waals surface area contributed by atoms with Crippen LogP contribution in [0, 0.1) is 11.3 Å². The second-order valence-corrected chi connectivity index (χ2v) is 6.57. The van der Waals surface area contributed by atoms with Gasteiger partial charge in [-0.3, -0.25) is 4.79 Å². The van der Waals surface area contributed by atoms with Crippen molar-refractivity contribution < 1.29 is 4.79 Å². The van der Waals surface area contributed by atoms with Gasteiger partial charge in [-0.25, -0.2) is 0 Å². The maximum atomic E-state index is 11.8. The van der Waals surface area contributed by atoms with Gasteiger partial charge in [-0.05, 0) is 44.8 Å². The maximum Gasteiger partial charge on any atom is 0.220 e. The third kappa shape index (κ3) is 9.91. The van der Waals surface area contributed by atoms with E-state index in [0.29, 0.717) is 12.3 Å². The lowest BCUT2D eigenvalue weighted by Gasteiger charge is -2.28. The minimum Gasteiger partial charge on any atom is -0.356 e. The molecule has 4 nitrogen and oxygen atoms in total. The van der Waals surface area contributed by atoms with Gasteiger partial charge in [0.25, 0.3) is 0 Å². The van der Waals surface area contributed by atoms with Gasteiger partial charge in [0.15, 0.2) is 0 Å². The summed E-state index contributed by atoms with van der Waals surface area (Å²) in [5.74, 6) is 0.757. The van der Waals surface area contributed by atoms with E-state index >= 15 is 0 Å². The number of rotatable bonds is 10. The first-order valence-electron chi connectivity index (χ1n) is 7.42. The van der Waals surface area contributed by atoms with Gasteiger partial charge in [0.05, 0.1) is 0 Å². The summed E-state index contributed by atoms with van der Waals surface area (Å²) in [6.07, 6.45) is 3.71. The predicted octanol–water partition coefficient (Wildman–Crippen LogP) is 1.85. The number of nitrogens with zero attached hydrogens (tertiary/aromatic N) is 1. The Morgan fingerprint density at radius 2 is 1.95 bits per heavy atom. The highest BCUT2D eigenvalue weighted by atomic mass is 16.1. The molecule has 0 aliphatic heterocycles. The molecule has 0 aromatic heterocycles. The topological polar surface area (TPSA) is 58.4 Å². The second-order valence-electron chi connectivity index (χ2n) is 6.57. The molecule has 0 rings (SSSR count). The molecule has 0 radical (unpaired) electrons. The van der Waals surface area contributed by atoms with E-state index in [4.69, 9.17) is 5.73 Å². The fourth-order valence-electron chi connectivity index (χ4n) is 2.46. The average Bonchev–Trinajstić information content (AvgIpc) is 2.30. The molecular formula is C15H33N3O. The monoisotopic (exact) mass is 271 g/mol. The van der Waals surface area contributed by atoms with Crippen molar-refractivity contribution in [2.24, 2.45) is 17.1 Å². The Bertz CT molecular complexity index is 252. The Morgan fingerprint density at radius 1 is 1.32 bits per heavy atom. The lowest BCUT2D eigenvalue weighted by atomic mass is 9.92. The van der Waals surface area contributed by atoms with Gasteiger partial charge in [-0.2, -0.15) is 0 Å². The highest BCUT2D eigenvalue weighted by Gasteiger charge is 2.19. The largest absolute Gasteiger partial charge is 0.356 e. The zero-order valence-corrected chi connectivity index (χ0v) is 13.5. The SMILES string of the molecule is CCC(CCN)CCC(=O)NCC(C)(C)CN(C)C. The fraction of sp³-hybridized carbons (Fsp3) is 0.933. The molecule has 4 heteroatoms. The molecule has 0 aromatic carbocycles. The first-order chi connectivity index (χ1) is 8.80. The predicted molar refractivity (Wildman–Crippen MR) is 82.0 cm³/mol. The molecule has 3 N–H and O–H groups in total. The third-order valence-corrected chi connectivity index (χ3v) is 3.44. The molecule has 0 saturated carbocycles. The summed E-state index contributed by atoms with van der Waals surface area (Å²) in [5, 5.41) is 3.05. The molecule has 1 amide bonds. The van der Waals surface area contributed by atoms with Crippen LogP contribution >= 0.6 is 0 Å². The Labute approximate surface area is 119 Å². The minimum absolute atomic E-state index is 0.112. The molecule has 0 fully saturated rings. The standard InChI is InChI=1S/C15H33N3O/c1-6-13(9-10-16)7-8-14(19)17-11-15(2,3)12-18(4)5/h13H,6-12,16H2,1-5H3,(H,17,19). The molecule has 0 aliphatic carbocycles. The van der Waals surface area contributed by atoms with Crippen LogP contribution in [0.1, 0.15) is 46.5 Å². The Morgan fingerprint density at radius 3 is 2.42 bits per heavy atom. The number of hydrogen-bond acceptors (Lipinski definition) is 3. The van der Waals surface area contributed by atoms with Crippen LogP contribution in [0.5, 0.6) is 0 Å². The molecule has 0 aromatic rings. The van der Waals surface area contributed by atoms with Gasteiger partial charge in [0.2, 0.25) is 5.91 Å². The molecule has 1 atom stereocenters. The quantitative estimate of drug-likeness (QED) is 0.637. The van der Waals surface area contributed by atoms with E-state index < -0.39 is 0 Å². The summed E-state index contributed by atoms with van der Waals surface area (Å²) in [6.45, 7) is 8.94. The number of nitrogens with two attached hydrogens (primary N) is 1. The summed E-state index contributed by atoms with van der Waals surface area (Å²) in [5.41, 5.74) is 5.68. The van der Waals surface area contributed by atoms with E-state index in [9.17, 15) is 4.79 Å². The van der Waals surface area contributed by atoms with Crippen molar-refractivity contribution in [2.45, 2.75) is 46.5 Å². The van der Waals surface area contributed by atoms with Crippen molar-refractivity contribution in [3.63, 3.8) is 0 Å². The average molecular weight is 271 g/mol. The highest BCUT2D eigenvalue weighted by Crippen LogP contribution is 2.16. The first kappa shape index (κ1) is 18.4. The lowest BCUT2D eigenvalue weighted by Crippen LogP contribution is -2.40. The fourth-order valence-corrected chi connectivity index (χ4v) is 2.46. The number of carbonyl (C=O) groups excluding carboxylic acids is 1. The van der Waals surface area contributed by atoms with Crippen LogP contribution in [0.2, 0.25) is 0 Å². The van der Waals surface area contributed by atoms with Gasteiger partial charge in [0.1, 0.15) is 0 Å². The van der Waals surface area contributed by atoms with Crippen molar-refractivity contribution in [3.05, 3.63) is 0 Å². The van der Waals surface area contributed by atoms with Crippen LogP contribution in [-0.2, 0) is 4.79 Å². The van der Waals surface area contributed by atoms with Gasteiger partial charge in [-0.15, -0.1) is 0 Å². The summed E-state index contributed by atoms with van der Waals surface area (Å²) in [6, 6.07) is 0. The second kappa shape index (κ2) is 9.32. The first-order valence-corrected chi connectivity index (χ1v) is 7.42. The molecular weight excluding hydrogens is 238 g/mol. The molecule has 0 bridgehead atoms. The molecule has 0 spiro atoms. The molecule has 0 saturated heterocycles. The summed E-state index contributed by atoms with van der Waals surface area (Å²) in [4.78, 5) is 14.0. The number of hydrogen-bond donors (Lipinski definition) is 2.